The Bertz CT molecular complexity index is 807. The average molecular weight is 310 g/mol. The largest absolute Gasteiger partial charge is 1.00 e. The van der Waals surface area contributed by atoms with E-state index in [0.29, 0.717) is 17.9 Å². The summed E-state index contributed by atoms with van der Waals surface area (Å²) in [5.41, 5.74) is 0.184. The van der Waals surface area contributed by atoms with Crippen LogP contribution in [0.1, 0.15) is 21.2 Å². The molecule has 3 aromatic rings. The molecule has 22 heavy (non-hydrogen) atoms. The Kier molecular flexibility index (Phi) is 5.70. The zero-order chi connectivity index (χ0) is 14.7. The first-order valence-electron chi connectivity index (χ1n) is 6.73. The van der Waals surface area contributed by atoms with Gasteiger partial charge < -0.3 is 10.6 Å². The van der Waals surface area contributed by atoms with Crippen LogP contribution in [0.3, 0.4) is 0 Å². The van der Waals surface area contributed by atoms with E-state index >= 15 is 0 Å². The molecule has 7 nitrogen and oxygen atoms in total. The number of rotatable bonds is 5. The van der Waals surface area contributed by atoms with Gasteiger partial charge in [0.2, 0.25) is 5.82 Å². The normalized spacial score (nSPS) is 10.4. The molecule has 110 valence electrons. The van der Waals surface area contributed by atoms with Crippen molar-refractivity contribution in [3.05, 3.63) is 34.7 Å². The molecule has 8 heteroatoms. The van der Waals surface area contributed by atoms with Crippen LogP contribution in [0.25, 0.3) is 22.4 Å². The Hall–Kier alpha value is -1.70. The van der Waals surface area contributed by atoms with E-state index < -0.39 is 5.63 Å². The third kappa shape index (κ3) is 3.37. The van der Waals surface area contributed by atoms with Gasteiger partial charge in [-0.1, -0.05) is 25.5 Å². The molecular formula is C14H15N4NaO3. The molecule has 0 aliphatic carbocycles. The first kappa shape index (κ1) is 16.7. The minimum Gasteiger partial charge on any atom is -1.00 e. The van der Waals surface area contributed by atoms with Crippen molar-refractivity contribution >= 4 is 11.0 Å². The number of aromatic amines is 1. The van der Waals surface area contributed by atoms with Gasteiger partial charge in [0.05, 0.1) is 6.61 Å². The van der Waals surface area contributed by atoms with E-state index in [4.69, 9.17) is 9.15 Å². The van der Waals surface area contributed by atoms with Crippen molar-refractivity contribution in [2.45, 2.75) is 19.8 Å². The number of para-hydroxylation sites is 1. The third-order valence-corrected chi connectivity index (χ3v) is 3.07. The van der Waals surface area contributed by atoms with Gasteiger partial charge in [0.25, 0.3) is 0 Å². The van der Waals surface area contributed by atoms with Crippen molar-refractivity contribution in [3.8, 4) is 17.1 Å². The smallest absolute Gasteiger partial charge is 1.00 e. The first-order valence-corrected chi connectivity index (χ1v) is 6.73. The van der Waals surface area contributed by atoms with Crippen LogP contribution in [-0.4, -0.2) is 27.2 Å². The third-order valence-electron chi connectivity index (χ3n) is 3.07. The Labute approximate surface area is 149 Å². The second kappa shape index (κ2) is 7.53. The molecule has 0 bridgehead atoms. The second-order valence-electron chi connectivity index (χ2n) is 4.56. The average Bonchev–Trinajstić information content (AvgIpc) is 3.01. The summed E-state index contributed by atoms with van der Waals surface area (Å²) in [6.07, 6.45) is 1.98. The van der Waals surface area contributed by atoms with Gasteiger partial charge in [-0.3, -0.25) is 0 Å². The summed E-state index contributed by atoms with van der Waals surface area (Å²) < 4.78 is 11.0. The topological polar surface area (TPSA) is 93.9 Å². The summed E-state index contributed by atoms with van der Waals surface area (Å²) in [5, 5.41) is 14.1. The van der Waals surface area contributed by atoms with Gasteiger partial charge in [0.1, 0.15) is 5.56 Å². The molecule has 0 aliphatic rings. The molecule has 0 atom stereocenters. The van der Waals surface area contributed by atoms with Crippen molar-refractivity contribution < 1.29 is 40.1 Å². The van der Waals surface area contributed by atoms with E-state index in [1.165, 1.54) is 0 Å². The number of hydrogen-bond donors (Lipinski definition) is 1. The van der Waals surface area contributed by atoms with Crippen LogP contribution < -0.4 is 39.9 Å². The van der Waals surface area contributed by atoms with Crippen LogP contribution in [0.15, 0.2) is 33.5 Å². The molecule has 1 aromatic carbocycles. The fourth-order valence-electron chi connectivity index (χ4n) is 1.99. The minimum atomic E-state index is -0.518. The Morgan fingerprint density at radius 2 is 2.27 bits per heavy atom. The molecule has 2 heterocycles. The summed E-state index contributed by atoms with van der Waals surface area (Å²) in [6, 6.07) is 7.16. The zero-order valence-corrected chi connectivity index (χ0v) is 14.5. The number of hydrogen-bond acceptors (Lipinski definition) is 6. The van der Waals surface area contributed by atoms with Crippen LogP contribution in [0.2, 0.25) is 0 Å². The van der Waals surface area contributed by atoms with Crippen LogP contribution >= 0.6 is 0 Å². The summed E-state index contributed by atoms with van der Waals surface area (Å²) in [5.74, 6) is 0.778. The van der Waals surface area contributed by atoms with E-state index in [9.17, 15) is 4.79 Å². The number of fused-ring (bicyclic) bond motifs is 1. The van der Waals surface area contributed by atoms with E-state index in [0.717, 1.165) is 18.2 Å². The van der Waals surface area contributed by atoms with Crippen LogP contribution in [0.4, 0.5) is 0 Å². The van der Waals surface area contributed by atoms with E-state index in [1.54, 1.807) is 12.1 Å². The maximum Gasteiger partial charge on any atom is 1.00 e. The molecule has 2 aromatic heterocycles. The van der Waals surface area contributed by atoms with Crippen molar-refractivity contribution in [2.75, 3.05) is 6.61 Å². The fourth-order valence-corrected chi connectivity index (χ4v) is 1.99. The van der Waals surface area contributed by atoms with Gasteiger partial charge in [-0.15, -0.1) is 10.2 Å². The van der Waals surface area contributed by atoms with Gasteiger partial charge in [-0.05, 0) is 23.8 Å². The fraction of sp³-hybridized carbons (Fsp3) is 0.286. The maximum atomic E-state index is 12.1. The predicted molar refractivity (Wildman–Crippen MR) is 77.2 cm³/mol. The molecule has 0 unspecified atom stereocenters. The minimum absolute atomic E-state index is 0. The van der Waals surface area contributed by atoms with Gasteiger partial charge >= 0.3 is 35.2 Å². The van der Waals surface area contributed by atoms with Gasteiger partial charge in [0.15, 0.2) is 11.3 Å². The maximum absolute atomic E-state index is 12.1. The summed E-state index contributed by atoms with van der Waals surface area (Å²) >= 11 is 0. The Morgan fingerprint density at radius 3 is 3.00 bits per heavy atom. The van der Waals surface area contributed by atoms with Gasteiger partial charge in [-0.2, -0.15) is 5.21 Å². The van der Waals surface area contributed by atoms with Crippen LogP contribution in [0, 0.1) is 0 Å². The van der Waals surface area contributed by atoms with Crippen molar-refractivity contribution in [2.24, 2.45) is 0 Å². The van der Waals surface area contributed by atoms with Crippen molar-refractivity contribution in [1.29, 1.82) is 0 Å². The number of nitrogens with zero attached hydrogens (tertiary/aromatic N) is 3. The molecule has 0 saturated carbocycles. The summed E-state index contributed by atoms with van der Waals surface area (Å²) in [7, 11) is 0. The standard InChI is InChI=1S/C14H14N4O3.Na.H/c1-2-3-7-20-11-6-4-5-9-8-10(13-15-17-18-16-13)14(19)21-12(9)11;;/h4-6,8H,2-3,7H2,1H3,(H,15,16,17,18);;/q;+1;-1. The number of aromatic nitrogens is 4. The molecule has 0 radical (unpaired) electrons. The summed E-state index contributed by atoms with van der Waals surface area (Å²) in [6.45, 7) is 2.68. The van der Waals surface area contributed by atoms with Gasteiger partial charge in [0, 0.05) is 5.39 Å². The number of unbranched alkanes of at least 4 members (excludes halogenated alkanes) is 1. The SMILES string of the molecule is CCCCOc1cccc2cc(-c3nn[nH]n3)c(=O)oc12.[H-].[Na+]. The van der Waals surface area contributed by atoms with E-state index in [2.05, 4.69) is 27.5 Å². The molecular weight excluding hydrogens is 295 g/mol. The molecule has 0 saturated heterocycles. The Morgan fingerprint density at radius 1 is 1.41 bits per heavy atom. The monoisotopic (exact) mass is 310 g/mol. The molecule has 3 rings (SSSR count). The first-order chi connectivity index (χ1) is 10.3. The van der Waals surface area contributed by atoms with Gasteiger partial charge in [-0.25, -0.2) is 4.79 Å². The quantitative estimate of drug-likeness (QED) is 0.379. The Balaban J connectivity index is 0.00000132. The van der Waals surface area contributed by atoms with Crippen LogP contribution in [0.5, 0.6) is 5.75 Å². The van der Waals surface area contributed by atoms with Crippen molar-refractivity contribution in [3.63, 3.8) is 0 Å². The number of tetrazole rings is 1. The zero-order valence-electron chi connectivity index (χ0n) is 13.5. The second-order valence-corrected chi connectivity index (χ2v) is 4.56. The summed E-state index contributed by atoms with van der Waals surface area (Å²) in [4.78, 5) is 12.1. The number of nitrogens with one attached hydrogen (secondary N) is 1. The molecule has 0 amide bonds. The number of ether oxygens (including phenoxy) is 1. The van der Waals surface area contributed by atoms with Crippen LogP contribution in [-0.2, 0) is 0 Å². The molecule has 0 aliphatic heterocycles. The molecule has 1 N–H and O–H groups in total. The van der Waals surface area contributed by atoms with Crippen molar-refractivity contribution in [1.82, 2.24) is 20.6 Å². The molecule has 0 spiro atoms. The van der Waals surface area contributed by atoms with E-state index in [-0.39, 0.29) is 42.4 Å². The predicted octanol–water partition coefficient (Wildman–Crippen LogP) is -0.731. The van der Waals surface area contributed by atoms with E-state index in [1.807, 2.05) is 12.1 Å². The number of benzene rings is 1. The molecule has 0 fully saturated rings. The number of H-pyrrole nitrogens is 1.